The van der Waals surface area contributed by atoms with Crippen LogP contribution in [0.25, 0.3) is 0 Å². The fraction of sp³-hybridized carbons (Fsp3) is 0.263. The molecule has 1 amide bonds. The first kappa shape index (κ1) is 21.8. The lowest BCUT2D eigenvalue weighted by Crippen LogP contribution is -2.41. The molecule has 140 valence electrons. The van der Waals surface area contributed by atoms with Gasteiger partial charge < -0.3 is 20.7 Å². The maximum absolute atomic E-state index is 11.9. The van der Waals surface area contributed by atoms with Gasteiger partial charge in [-0.15, -0.1) is 24.0 Å². The highest BCUT2D eigenvalue weighted by atomic mass is 127. The summed E-state index contributed by atoms with van der Waals surface area (Å²) in [6.07, 6.45) is 0. The van der Waals surface area contributed by atoms with Crippen molar-refractivity contribution in [2.45, 2.75) is 6.54 Å². The molecule has 0 atom stereocenters. The normalized spacial score (nSPS) is 10.5. The fourth-order valence-corrected chi connectivity index (χ4v) is 2.30. The van der Waals surface area contributed by atoms with Crippen LogP contribution in [0, 0.1) is 0 Å². The minimum absolute atomic E-state index is 0. The second-order valence-corrected chi connectivity index (χ2v) is 5.29. The third-order valence-corrected chi connectivity index (χ3v) is 3.60. The molecule has 0 bridgehead atoms. The molecule has 0 fully saturated rings. The van der Waals surface area contributed by atoms with Crippen molar-refractivity contribution in [3.63, 3.8) is 0 Å². The molecule has 6 nitrogen and oxygen atoms in total. The summed E-state index contributed by atoms with van der Waals surface area (Å²) in [5, 5.41) is 9.26. The zero-order chi connectivity index (χ0) is 17.9. The number of guanidine groups is 1. The molecule has 2 aromatic carbocycles. The van der Waals surface area contributed by atoms with Gasteiger partial charge in [-0.25, -0.2) is 0 Å². The molecule has 26 heavy (non-hydrogen) atoms. The number of amides is 1. The Kier molecular flexibility index (Phi) is 10.1. The van der Waals surface area contributed by atoms with Crippen molar-refractivity contribution in [1.29, 1.82) is 0 Å². The Bertz CT molecular complexity index is 708. The Morgan fingerprint density at radius 2 is 1.62 bits per heavy atom. The van der Waals surface area contributed by atoms with E-state index < -0.39 is 0 Å². The molecule has 0 aliphatic rings. The Morgan fingerprint density at radius 3 is 2.31 bits per heavy atom. The number of aliphatic imine (C=N–C) groups is 1. The number of rotatable bonds is 7. The Balaban J connectivity index is 0.00000338. The summed E-state index contributed by atoms with van der Waals surface area (Å²) in [6.45, 7) is 1.67. The van der Waals surface area contributed by atoms with Crippen molar-refractivity contribution in [2.75, 3.05) is 27.2 Å². The Morgan fingerprint density at radius 1 is 0.962 bits per heavy atom. The SMILES string of the molecule is CN=C(NCCNC(=O)c1ccccc1)NCc1ccccc1OC.I. The fourth-order valence-electron chi connectivity index (χ4n) is 2.30. The quantitative estimate of drug-likeness (QED) is 0.253. The number of methoxy groups -OCH3 is 1. The van der Waals surface area contributed by atoms with Crippen molar-refractivity contribution in [3.05, 3.63) is 65.7 Å². The molecule has 7 heteroatoms. The molecule has 2 rings (SSSR count). The predicted molar refractivity (Wildman–Crippen MR) is 115 cm³/mol. The second-order valence-electron chi connectivity index (χ2n) is 5.29. The van der Waals surface area contributed by atoms with E-state index in [2.05, 4.69) is 20.9 Å². The number of hydrogen-bond acceptors (Lipinski definition) is 3. The van der Waals surface area contributed by atoms with E-state index in [1.165, 1.54) is 0 Å². The molecule has 0 aliphatic heterocycles. The van der Waals surface area contributed by atoms with Crippen LogP contribution in [-0.4, -0.2) is 39.1 Å². The van der Waals surface area contributed by atoms with Crippen molar-refractivity contribution >= 4 is 35.8 Å². The predicted octanol–water partition coefficient (Wildman–Crippen LogP) is 2.41. The van der Waals surface area contributed by atoms with Gasteiger partial charge in [-0.3, -0.25) is 9.79 Å². The average molecular weight is 468 g/mol. The number of benzene rings is 2. The lowest BCUT2D eigenvalue weighted by atomic mass is 10.2. The minimum atomic E-state index is -0.0839. The lowest BCUT2D eigenvalue weighted by molar-refractivity contribution is 0.0954. The van der Waals surface area contributed by atoms with Crippen LogP contribution < -0.4 is 20.7 Å². The zero-order valence-electron chi connectivity index (χ0n) is 15.0. The van der Waals surface area contributed by atoms with Crippen LogP contribution in [0.15, 0.2) is 59.6 Å². The molecule has 0 aromatic heterocycles. The summed E-state index contributed by atoms with van der Waals surface area (Å²) < 4.78 is 5.33. The van der Waals surface area contributed by atoms with E-state index in [0.29, 0.717) is 31.2 Å². The number of para-hydroxylation sites is 1. The van der Waals surface area contributed by atoms with Crippen LogP contribution in [-0.2, 0) is 6.54 Å². The van der Waals surface area contributed by atoms with Gasteiger partial charge in [0.25, 0.3) is 5.91 Å². The van der Waals surface area contributed by atoms with Crippen LogP contribution in [0.2, 0.25) is 0 Å². The number of halogens is 1. The van der Waals surface area contributed by atoms with Gasteiger partial charge in [-0.1, -0.05) is 36.4 Å². The van der Waals surface area contributed by atoms with E-state index in [-0.39, 0.29) is 29.9 Å². The number of carbonyl (C=O) groups is 1. The monoisotopic (exact) mass is 468 g/mol. The van der Waals surface area contributed by atoms with Gasteiger partial charge in [0.05, 0.1) is 7.11 Å². The maximum Gasteiger partial charge on any atom is 0.251 e. The average Bonchev–Trinajstić information content (AvgIpc) is 2.68. The highest BCUT2D eigenvalue weighted by molar-refractivity contribution is 14.0. The van der Waals surface area contributed by atoms with Crippen molar-refractivity contribution in [2.24, 2.45) is 4.99 Å². The molecule has 3 N–H and O–H groups in total. The van der Waals surface area contributed by atoms with Gasteiger partial charge in [-0.2, -0.15) is 0 Å². The van der Waals surface area contributed by atoms with E-state index in [9.17, 15) is 4.79 Å². The maximum atomic E-state index is 11.9. The molecule has 0 unspecified atom stereocenters. The Hall–Kier alpha value is -2.29. The second kappa shape index (κ2) is 12.1. The third kappa shape index (κ3) is 6.91. The number of hydrogen-bond donors (Lipinski definition) is 3. The summed E-state index contributed by atoms with van der Waals surface area (Å²) in [6, 6.07) is 17.0. The highest BCUT2D eigenvalue weighted by Crippen LogP contribution is 2.16. The molecular weight excluding hydrogens is 443 g/mol. The van der Waals surface area contributed by atoms with E-state index in [4.69, 9.17) is 4.74 Å². The molecule has 0 saturated carbocycles. The summed E-state index contributed by atoms with van der Waals surface area (Å²) in [7, 11) is 3.36. The van der Waals surface area contributed by atoms with Crippen LogP contribution >= 0.6 is 24.0 Å². The topological polar surface area (TPSA) is 74.8 Å². The molecule has 0 saturated heterocycles. The van der Waals surface area contributed by atoms with Crippen LogP contribution in [0.5, 0.6) is 5.75 Å². The summed E-state index contributed by atoms with van der Waals surface area (Å²) >= 11 is 0. The van der Waals surface area contributed by atoms with Gasteiger partial charge in [0.15, 0.2) is 5.96 Å². The van der Waals surface area contributed by atoms with Crippen LogP contribution in [0.1, 0.15) is 15.9 Å². The molecule has 0 spiro atoms. The first-order valence-corrected chi connectivity index (χ1v) is 8.14. The third-order valence-electron chi connectivity index (χ3n) is 3.60. The van der Waals surface area contributed by atoms with Gasteiger partial charge in [0, 0.05) is 37.8 Å². The van der Waals surface area contributed by atoms with Crippen LogP contribution in [0.3, 0.4) is 0 Å². The summed E-state index contributed by atoms with van der Waals surface area (Å²) in [5.41, 5.74) is 1.70. The smallest absolute Gasteiger partial charge is 0.251 e. The molecule has 2 aromatic rings. The van der Waals surface area contributed by atoms with Crippen molar-refractivity contribution in [3.8, 4) is 5.75 Å². The number of ether oxygens (including phenoxy) is 1. The first-order valence-electron chi connectivity index (χ1n) is 8.14. The van der Waals surface area contributed by atoms with Crippen molar-refractivity contribution < 1.29 is 9.53 Å². The van der Waals surface area contributed by atoms with E-state index >= 15 is 0 Å². The summed E-state index contributed by atoms with van der Waals surface area (Å²) in [4.78, 5) is 16.1. The van der Waals surface area contributed by atoms with Crippen LogP contribution in [0.4, 0.5) is 0 Å². The lowest BCUT2D eigenvalue weighted by Gasteiger charge is -2.14. The number of carbonyl (C=O) groups excluding carboxylic acids is 1. The standard InChI is InChI=1S/C19H24N4O2.HI/c1-20-19(23-14-16-10-6-7-11-17(16)25-2)22-13-12-21-18(24)15-8-4-3-5-9-15;/h3-11H,12-14H2,1-2H3,(H,21,24)(H2,20,22,23);1H. The van der Waals surface area contributed by atoms with Gasteiger partial charge in [-0.05, 0) is 18.2 Å². The van der Waals surface area contributed by atoms with Gasteiger partial charge >= 0.3 is 0 Å². The molecule has 0 radical (unpaired) electrons. The minimum Gasteiger partial charge on any atom is -0.496 e. The van der Waals surface area contributed by atoms with Gasteiger partial charge in [0.1, 0.15) is 5.75 Å². The van der Waals surface area contributed by atoms with E-state index in [1.54, 1.807) is 26.3 Å². The Labute approximate surface area is 171 Å². The van der Waals surface area contributed by atoms with Crippen molar-refractivity contribution in [1.82, 2.24) is 16.0 Å². The molecular formula is C19H25IN4O2. The highest BCUT2D eigenvalue weighted by Gasteiger charge is 2.05. The van der Waals surface area contributed by atoms with E-state index in [0.717, 1.165) is 11.3 Å². The number of nitrogens with zero attached hydrogens (tertiary/aromatic N) is 1. The van der Waals surface area contributed by atoms with Gasteiger partial charge in [0.2, 0.25) is 0 Å². The number of nitrogens with one attached hydrogen (secondary N) is 3. The largest absolute Gasteiger partial charge is 0.496 e. The first-order chi connectivity index (χ1) is 12.2. The molecule has 0 aliphatic carbocycles. The molecule has 0 heterocycles. The summed E-state index contributed by atoms with van der Waals surface area (Å²) in [5.74, 6) is 1.42. The van der Waals surface area contributed by atoms with E-state index in [1.807, 2.05) is 42.5 Å². The zero-order valence-corrected chi connectivity index (χ0v) is 17.3.